The van der Waals surface area contributed by atoms with Crippen LogP contribution in [0.2, 0.25) is 0 Å². The highest BCUT2D eigenvalue weighted by Gasteiger charge is 2.24. The van der Waals surface area contributed by atoms with E-state index in [0.29, 0.717) is 5.11 Å². The molecular weight excluding hydrogens is 330 g/mol. The van der Waals surface area contributed by atoms with E-state index in [1.165, 1.54) is 30.4 Å². The summed E-state index contributed by atoms with van der Waals surface area (Å²) < 4.78 is 5.69. The predicted molar refractivity (Wildman–Crippen MR) is 107 cm³/mol. The Morgan fingerprint density at radius 3 is 2.52 bits per heavy atom. The van der Waals surface area contributed by atoms with Crippen LogP contribution >= 0.6 is 12.2 Å². The molecule has 1 aromatic carbocycles. The molecule has 1 aromatic heterocycles. The Kier molecular flexibility index (Phi) is 6.10. The first-order valence-electron chi connectivity index (χ1n) is 9.02. The van der Waals surface area contributed by atoms with Crippen LogP contribution < -0.4 is 10.6 Å². The van der Waals surface area contributed by atoms with Gasteiger partial charge in [-0.15, -0.1) is 0 Å². The van der Waals surface area contributed by atoms with E-state index >= 15 is 0 Å². The van der Waals surface area contributed by atoms with Gasteiger partial charge in [-0.25, -0.2) is 0 Å². The molecule has 1 aliphatic rings. The van der Waals surface area contributed by atoms with Gasteiger partial charge in [0.05, 0.1) is 12.3 Å². The molecular formula is C20H27N3OS. The summed E-state index contributed by atoms with van der Waals surface area (Å²) in [5.41, 5.74) is 3.49. The second-order valence-electron chi connectivity index (χ2n) is 6.84. The third-order valence-corrected chi connectivity index (χ3v) is 4.88. The normalized spacial score (nSPS) is 16.4. The average molecular weight is 358 g/mol. The van der Waals surface area contributed by atoms with Gasteiger partial charge in [-0.2, -0.15) is 0 Å². The number of hydrogen-bond acceptors (Lipinski definition) is 3. The highest BCUT2D eigenvalue weighted by molar-refractivity contribution is 7.80. The van der Waals surface area contributed by atoms with Gasteiger partial charge in [0.1, 0.15) is 5.76 Å². The quantitative estimate of drug-likeness (QED) is 0.776. The SMILES string of the molecule is Cc1cc(C)cc(NC(=S)NC[C@H](c2ccco2)N2CCCCC2)c1. The van der Waals surface area contributed by atoms with Crippen LogP contribution in [-0.2, 0) is 0 Å². The van der Waals surface area contributed by atoms with Crippen molar-refractivity contribution < 1.29 is 4.42 Å². The molecule has 4 nitrogen and oxygen atoms in total. The molecule has 1 saturated heterocycles. The van der Waals surface area contributed by atoms with Gasteiger partial charge >= 0.3 is 0 Å². The van der Waals surface area contributed by atoms with Gasteiger partial charge in [0.15, 0.2) is 5.11 Å². The number of anilines is 1. The highest BCUT2D eigenvalue weighted by Crippen LogP contribution is 2.24. The third-order valence-electron chi connectivity index (χ3n) is 4.64. The van der Waals surface area contributed by atoms with Crippen LogP contribution in [0.15, 0.2) is 41.0 Å². The molecule has 0 aliphatic carbocycles. The molecule has 0 amide bonds. The van der Waals surface area contributed by atoms with Crippen LogP contribution in [0, 0.1) is 13.8 Å². The predicted octanol–water partition coefficient (Wildman–Crippen LogP) is 4.41. The van der Waals surface area contributed by atoms with Gasteiger partial charge in [0.2, 0.25) is 0 Å². The van der Waals surface area contributed by atoms with Gasteiger partial charge in [-0.1, -0.05) is 12.5 Å². The van der Waals surface area contributed by atoms with Crippen molar-refractivity contribution in [2.75, 3.05) is 25.0 Å². The minimum Gasteiger partial charge on any atom is -0.468 e. The largest absolute Gasteiger partial charge is 0.468 e. The lowest BCUT2D eigenvalue weighted by Crippen LogP contribution is -2.41. The van der Waals surface area contributed by atoms with Crippen LogP contribution in [0.1, 0.15) is 42.2 Å². The van der Waals surface area contributed by atoms with E-state index in [4.69, 9.17) is 16.6 Å². The molecule has 0 spiro atoms. The van der Waals surface area contributed by atoms with Crippen molar-refractivity contribution in [2.24, 2.45) is 0 Å². The van der Waals surface area contributed by atoms with Crippen LogP contribution in [0.3, 0.4) is 0 Å². The van der Waals surface area contributed by atoms with Crippen molar-refractivity contribution in [2.45, 2.75) is 39.2 Å². The lowest BCUT2D eigenvalue weighted by molar-refractivity contribution is 0.146. The molecule has 1 atom stereocenters. The van der Waals surface area contributed by atoms with Gasteiger partial charge < -0.3 is 15.1 Å². The topological polar surface area (TPSA) is 40.4 Å². The maximum atomic E-state index is 5.69. The maximum Gasteiger partial charge on any atom is 0.170 e. The zero-order valence-electron chi connectivity index (χ0n) is 15.0. The Labute approximate surface area is 155 Å². The fraction of sp³-hybridized carbons (Fsp3) is 0.450. The second-order valence-corrected chi connectivity index (χ2v) is 7.25. The van der Waals surface area contributed by atoms with Crippen molar-refractivity contribution in [3.8, 4) is 0 Å². The summed E-state index contributed by atoms with van der Waals surface area (Å²) in [6.07, 6.45) is 5.57. The second kappa shape index (κ2) is 8.50. The molecule has 2 N–H and O–H groups in total. The van der Waals surface area contributed by atoms with E-state index in [2.05, 4.69) is 53.6 Å². The Balaban J connectivity index is 1.61. The van der Waals surface area contributed by atoms with E-state index in [1.54, 1.807) is 6.26 Å². The Morgan fingerprint density at radius 1 is 1.16 bits per heavy atom. The van der Waals surface area contributed by atoms with Crippen LogP contribution in [0.4, 0.5) is 5.69 Å². The molecule has 0 unspecified atom stereocenters. The fourth-order valence-corrected chi connectivity index (χ4v) is 3.73. The molecule has 0 saturated carbocycles. The summed E-state index contributed by atoms with van der Waals surface area (Å²) in [5.74, 6) is 1.00. The summed E-state index contributed by atoms with van der Waals surface area (Å²) >= 11 is 5.50. The molecule has 3 rings (SSSR count). The molecule has 134 valence electrons. The molecule has 5 heteroatoms. The molecule has 0 radical (unpaired) electrons. The third kappa shape index (κ3) is 5.06. The minimum absolute atomic E-state index is 0.217. The Bertz CT molecular complexity index is 673. The van der Waals surface area contributed by atoms with Gasteiger partial charge in [-0.05, 0) is 87.4 Å². The molecule has 2 aromatic rings. The van der Waals surface area contributed by atoms with E-state index < -0.39 is 0 Å². The number of hydrogen-bond donors (Lipinski definition) is 2. The number of benzene rings is 1. The fourth-order valence-electron chi connectivity index (χ4n) is 3.53. The number of rotatable bonds is 5. The molecule has 1 fully saturated rings. The number of aryl methyl sites for hydroxylation is 2. The monoisotopic (exact) mass is 357 g/mol. The zero-order chi connectivity index (χ0) is 17.6. The lowest BCUT2D eigenvalue weighted by atomic mass is 10.1. The number of piperidine rings is 1. The minimum atomic E-state index is 0.217. The lowest BCUT2D eigenvalue weighted by Gasteiger charge is -2.33. The number of nitrogens with zero attached hydrogens (tertiary/aromatic N) is 1. The van der Waals surface area contributed by atoms with E-state index in [1.807, 2.05) is 6.07 Å². The van der Waals surface area contributed by atoms with Gasteiger partial charge in [0.25, 0.3) is 0 Å². The van der Waals surface area contributed by atoms with Crippen molar-refractivity contribution in [3.05, 3.63) is 53.5 Å². The number of thiocarbonyl (C=S) groups is 1. The van der Waals surface area contributed by atoms with E-state index in [9.17, 15) is 0 Å². The van der Waals surface area contributed by atoms with Crippen LogP contribution in [-0.4, -0.2) is 29.6 Å². The number of nitrogens with one attached hydrogen (secondary N) is 2. The van der Waals surface area contributed by atoms with Crippen molar-refractivity contribution in [1.82, 2.24) is 10.2 Å². The molecule has 25 heavy (non-hydrogen) atoms. The Morgan fingerprint density at radius 2 is 1.88 bits per heavy atom. The maximum absolute atomic E-state index is 5.69. The summed E-state index contributed by atoms with van der Waals surface area (Å²) in [6, 6.07) is 10.6. The molecule has 0 bridgehead atoms. The summed E-state index contributed by atoms with van der Waals surface area (Å²) in [6.45, 7) is 7.16. The van der Waals surface area contributed by atoms with Crippen molar-refractivity contribution in [3.63, 3.8) is 0 Å². The first-order chi connectivity index (χ1) is 12.1. The van der Waals surface area contributed by atoms with Crippen molar-refractivity contribution >= 4 is 23.0 Å². The average Bonchev–Trinajstić information content (AvgIpc) is 3.09. The van der Waals surface area contributed by atoms with Crippen molar-refractivity contribution in [1.29, 1.82) is 0 Å². The Hall–Kier alpha value is -1.85. The smallest absolute Gasteiger partial charge is 0.170 e. The number of likely N-dealkylation sites (tertiary alicyclic amines) is 1. The molecule has 2 heterocycles. The van der Waals surface area contributed by atoms with Crippen LogP contribution in [0.5, 0.6) is 0 Å². The highest BCUT2D eigenvalue weighted by atomic mass is 32.1. The molecule has 1 aliphatic heterocycles. The summed E-state index contributed by atoms with van der Waals surface area (Å²) in [4.78, 5) is 2.49. The summed E-state index contributed by atoms with van der Waals surface area (Å²) in [7, 11) is 0. The summed E-state index contributed by atoms with van der Waals surface area (Å²) in [5, 5.41) is 7.32. The van der Waals surface area contributed by atoms with E-state index in [-0.39, 0.29) is 6.04 Å². The first kappa shape index (κ1) is 18.0. The van der Waals surface area contributed by atoms with E-state index in [0.717, 1.165) is 31.1 Å². The van der Waals surface area contributed by atoms with Gasteiger partial charge in [-0.3, -0.25) is 4.90 Å². The van der Waals surface area contributed by atoms with Crippen LogP contribution in [0.25, 0.3) is 0 Å². The first-order valence-corrected chi connectivity index (χ1v) is 9.43. The number of furan rings is 1. The van der Waals surface area contributed by atoms with Gasteiger partial charge in [0, 0.05) is 12.2 Å². The standard InChI is InChI=1S/C20H27N3OS/c1-15-11-16(2)13-17(12-15)22-20(25)21-14-18(19-7-6-10-24-19)23-8-4-3-5-9-23/h6-7,10-13,18H,3-5,8-9,14H2,1-2H3,(H2,21,22,25)/t18-/m1/s1. The zero-order valence-corrected chi connectivity index (χ0v) is 15.9.